The van der Waals surface area contributed by atoms with Crippen LogP contribution >= 0.6 is 35.1 Å². The van der Waals surface area contributed by atoms with Gasteiger partial charge in [-0.05, 0) is 36.6 Å². The second-order valence-electron chi connectivity index (χ2n) is 8.49. The Labute approximate surface area is 206 Å². The van der Waals surface area contributed by atoms with Gasteiger partial charge >= 0.3 is 6.16 Å². The molecule has 4 rings (SSSR count). The van der Waals surface area contributed by atoms with Gasteiger partial charge in [-0.15, -0.1) is 23.5 Å². The van der Waals surface area contributed by atoms with Crippen LogP contribution < -0.4 is 11.1 Å². The number of hydrogen-bond donors (Lipinski definition) is 4. The highest BCUT2D eigenvalue weighted by Gasteiger charge is 2.58. The van der Waals surface area contributed by atoms with E-state index in [9.17, 15) is 19.8 Å². The lowest BCUT2D eigenvalue weighted by Gasteiger charge is -2.44. The van der Waals surface area contributed by atoms with E-state index in [-0.39, 0.29) is 41.5 Å². The van der Waals surface area contributed by atoms with Gasteiger partial charge in [0.2, 0.25) is 11.8 Å². The zero-order chi connectivity index (χ0) is 23.7. The summed E-state index contributed by atoms with van der Waals surface area (Å²) in [6, 6.07) is 6.06. The summed E-state index contributed by atoms with van der Waals surface area (Å²) < 4.78 is 5.07. The number of carbonyl (C=O) groups excluding carboxylic acids is 1. The van der Waals surface area contributed by atoms with Crippen molar-refractivity contribution in [1.29, 1.82) is 0 Å². The highest BCUT2D eigenvalue weighted by molar-refractivity contribution is 8.03. The van der Waals surface area contributed by atoms with Crippen LogP contribution in [0.4, 0.5) is 4.79 Å². The number of fused-ring (bicyclic) bond motifs is 1. The Hall–Kier alpha value is -1.43. The molecular formula is C22H28ClN3O5S2. The third-order valence-electron chi connectivity index (χ3n) is 6.41. The van der Waals surface area contributed by atoms with Crippen molar-refractivity contribution in [1.82, 2.24) is 10.2 Å². The summed E-state index contributed by atoms with van der Waals surface area (Å²) in [7, 11) is 0. The monoisotopic (exact) mass is 513 g/mol. The Morgan fingerprint density at radius 3 is 2.91 bits per heavy atom. The smallest absolute Gasteiger partial charge is 0.449 e. The van der Waals surface area contributed by atoms with Crippen LogP contribution in [0.3, 0.4) is 0 Å². The third kappa shape index (κ3) is 5.01. The van der Waals surface area contributed by atoms with E-state index in [4.69, 9.17) is 22.1 Å². The van der Waals surface area contributed by atoms with E-state index in [1.165, 1.54) is 4.90 Å². The lowest BCUT2D eigenvalue weighted by molar-refractivity contribution is -0.156. The molecule has 3 aliphatic rings. The number of β-lactam (4-membered cyclic amide) rings is 1. The number of ether oxygens (including phenoxy) is 1. The van der Waals surface area contributed by atoms with Crippen LogP contribution in [0.5, 0.6) is 0 Å². The number of carboxylic acid groups (broad SMARTS) is 1. The first kappa shape index (κ1) is 24.7. The first-order chi connectivity index (χ1) is 15.8. The molecule has 11 heteroatoms. The van der Waals surface area contributed by atoms with Gasteiger partial charge < -0.3 is 26.0 Å². The number of carbonyl (C=O) groups is 2. The molecule has 0 unspecified atom stereocenters. The summed E-state index contributed by atoms with van der Waals surface area (Å²) in [6.07, 6.45) is -0.124. The van der Waals surface area contributed by atoms with Crippen LogP contribution in [0.15, 0.2) is 33.9 Å². The number of aliphatic hydroxyl groups excluding tert-OH is 1. The summed E-state index contributed by atoms with van der Waals surface area (Å²) >= 11 is 9.50. The predicted octanol–water partition coefficient (Wildman–Crippen LogP) is 3.08. The number of benzene rings is 1. The molecular weight excluding hydrogens is 486 g/mol. The molecule has 0 saturated carbocycles. The zero-order valence-corrected chi connectivity index (χ0v) is 20.6. The van der Waals surface area contributed by atoms with E-state index in [1.807, 2.05) is 25.1 Å². The third-order valence-corrected chi connectivity index (χ3v) is 9.43. The first-order valence-corrected chi connectivity index (χ1v) is 13.2. The Morgan fingerprint density at radius 2 is 2.21 bits per heavy atom. The molecule has 3 aliphatic heterocycles. The molecule has 5 atom stereocenters. The number of nitrogens with one attached hydrogen (secondary N) is 1. The molecule has 2 saturated heterocycles. The number of rotatable bonds is 9. The Balaban J connectivity index is 1.38. The minimum atomic E-state index is -1.42. The van der Waals surface area contributed by atoms with Crippen molar-refractivity contribution in [2.75, 3.05) is 18.9 Å². The maximum Gasteiger partial charge on any atom is 0.512 e. The average molecular weight is 514 g/mol. The summed E-state index contributed by atoms with van der Waals surface area (Å²) in [5.41, 5.74) is 6.68. The Bertz CT molecular complexity index is 962. The van der Waals surface area contributed by atoms with Crippen molar-refractivity contribution in [2.45, 2.75) is 48.5 Å². The van der Waals surface area contributed by atoms with Crippen LogP contribution in [0.25, 0.3) is 0 Å². The largest absolute Gasteiger partial charge is 0.512 e. The van der Waals surface area contributed by atoms with E-state index < -0.39 is 6.16 Å². The second kappa shape index (κ2) is 10.5. The Kier molecular flexibility index (Phi) is 7.82. The Morgan fingerprint density at radius 1 is 1.42 bits per heavy atom. The van der Waals surface area contributed by atoms with E-state index in [1.54, 1.807) is 23.5 Å². The minimum Gasteiger partial charge on any atom is -0.449 e. The molecule has 1 aromatic rings. The summed E-state index contributed by atoms with van der Waals surface area (Å²) in [6.45, 7) is 3.12. The van der Waals surface area contributed by atoms with Crippen molar-refractivity contribution >= 4 is 47.2 Å². The topological polar surface area (TPSA) is 125 Å². The number of aliphatic hydroxyl groups is 1. The highest BCUT2D eigenvalue weighted by atomic mass is 35.5. The zero-order valence-electron chi connectivity index (χ0n) is 18.2. The van der Waals surface area contributed by atoms with E-state index in [0.29, 0.717) is 24.0 Å². The van der Waals surface area contributed by atoms with Crippen molar-refractivity contribution in [3.05, 3.63) is 39.6 Å². The number of hydrogen-bond acceptors (Lipinski definition) is 8. The van der Waals surface area contributed by atoms with Crippen LogP contribution in [-0.2, 0) is 16.1 Å². The summed E-state index contributed by atoms with van der Waals surface area (Å²) in [5, 5.41) is 23.0. The lowest BCUT2D eigenvalue weighted by Crippen LogP contribution is -2.60. The summed E-state index contributed by atoms with van der Waals surface area (Å²) in [4.78, 5) is 27.3. The highest BCUT2D eigenvalue weighted by Crippen LogP contribution is 2.52. The van der Waals surface area contributed by atoms with Crippen molar-refractivity contribution in [2.24, 2.45) is 17.6 Å². The van der Waals surface area contributed by atoms with Crippen molar-refractivity contribution in [3.63, 3.8) is 0 Å². The molecule has 0 spiro atoms. The van der Waals surface area contributed by atoms with Crippen LogP contribution in [0, 0.1) is 11.8 Å². The minimum absolute atomic E-state index is 0.0317. The van der Waals surface area contributed by atoms with Crippen molar-refractivity contribution in [3.8, 4) is 0 Å². The van der Waals surface area contributed by atoms with Gasteiger partial charge in [-0.25, -0.2) is 4.79 Å². The fourth-order valence-electron chi connectivity index (χ4n) is 4.79. The normalized spacial score (nSPS) is 28.8. The number of halogens is 1. The molecule has 5 N–H and O–H groups in total. The van der Waals surface area contributed by atoms with Gasteiger partial charge in [0.05, 0.1) is 16.9 Å². The molecule has 1 amide bonds. The predicted molar refractivity (Wildman–Crippen MR) is 129 cm³/mol. The summed E-state index contributed by atoms with van der Waals surface area (Å²) in [5.74, 6) is 0.542. The van der Waals surface area contributed by atoms with E-state index >= 15 is 0 Å². The molecule has 0 aromatic heterocycles. The van der Waals surface area contributed by atoms with Gasteiger partial charge in [-0.2, -0.15) is 0 Å². The molecule has 2 fully saturated rings. The van der Waals surface area contributed by atoms with Crippen molar-refractivity contribution < 1.29 is 24.5 Å². The molecule has 0 bridgehead atoms. The van der Waals surface area contributed by atoms with Gasteiger partial charge in [0, 0.05) is 52.6 Å². The fraction of sp³-hybridized carbons (Fsp3) is 0.545. The molecule has 33 heavy (non-hydrogen) atoms. The van der Waals surface area contributed by atoms with E-state index in [0.717, 1.165) is 34.1 Å². The lowest BCUT2D eigenvalue weighted by atomic mass is 9.80. The quantitative estimate of drug-likeness (QED) is 0.224. The molecule has 0 radical (unpaired) electrons. The average Bonchev–Trinajstić information content (AvgIpc) is 3.32. The molecule has 3 heterocycles. The molecule has 0 aliphatic carbocycles. The number of amides is 1. The first-order valence-electron chi connectivity index (χ1n) is 10.9. The molecule has 8 nitrogen and oxygen atoms in total. The van der Waals surface area contributed by atoms with Gasteiger partial charge in [-0.1, -0.05) is 18.5 Å². The standard InChI is InChI=1S/C22H28ClN3O5S2/c1-11-18-16(4-5-27)20(28)26(18)21(31-22(29)30)19(11)33-15-7-13(25-9-15)10-32-14-2-3-17(23)12(6-14)8-24/h2-3,6,11,13,15-16,18,25,27H,4-5,7-10,24H2,1H3,(H,29,30)/t11-,13+,15+,16+,18-/m1/s1. The van der Waals surface area contributed by atoms with Gasteiger partial charge in [0.1, 0.15) is 0 Å². The SMILES string of the molecule is C[C@H]1C(S[C@@H]2CN[C@H](CSc3ccc(Cl)c(CN)c3)C2)=C(OC(=O)O)N2C(=O)[C@@H](CCO)[C@@H]12. The maximum absolute atomic E-state index is 12.6. The van der Waals surface area contributed by atoms with Gasteiger partial charge in [-0.3, -0.25) is 9.69 Å². The molecule has 180 valence electrons. The molecule has 1 aromatic carbocycles. The van der Waals surface area contributed by atoms with E-state index in [2.05, 4.69) is 5.32 Å². The number of nitrogens with zero attached hydrogens (tertiary/aromatic N) is 1. The van der Waals surface area contributed by atoms with Gasteiger partial charge in [0.15, 0.2) is 0 Å². The fourth-order valence-corrected chi connectivity index (χ4v) is 7.49. The second-order valence-corrected chi connectivity index (χ2v) is 11.3. The maximum atomic E-state index is 12.6. The van der Waals surface area contributed by atoms with Gasteiger partial charge in [0.25, 0.3) is 0 Å². The van der Waals surface area contributed by atoms with Crippen LogP contribution in [0.1, 0.15) is 25.3 Å². The van der Waals surface area contributed by atoms with Crippen LogP contribution in [-0.4, -0.2) is 63.4 Å². The number of nitrogens with two attached hydrogens (primary N) is 1. The number of thioether (sulfide) groups is 2. The van der Waals surface area contributed by atoms with Crippen LogP contribution in [0.2, 0.25) is 5.02 Å².